The molecule has 5 heteroatoms. The van der Waals surface area contributed by atoms with E-state index in [2.05, 4.69) is 5.32 Å². The number of rotatable bonds is 4. The second-order valence-electron chi connectivity index (χ2n) is 6.91. The molecule has 0 spiro atoms. The smallest absolute Gasteiger partial charge is 0.258 e. The second kappa shape index (κ2) is 7.27. The lowest BCUT2D eigenvalue weighted by Crippen LogP contribution is -2.42. The van der Waals surface area contributed by atoms with E-state index in [0.717, 1.165) is 11.3 Å². The van der Waals surface area contributed by atoms with Crippen LogP contribution in [-0.2, 0) is 6.54 Å². The van der Waals surface area contributed by atoms with E-state index in [-0.39, 0.29) is 11.7 Å². The lowest BCUT2D eigenvalue weighted by Gasteiger charge is -2.38. The van der Waals surface area contributed by atoms with Crippen LogP contribution in [-0.4, -0.2) is 23.0 Å². The zero-order valence-corrected chi connectivity index (χ0v) is 15.8. The zero-order valence-electron chi connectivity index (χ0n) is 15.8. The Hall–Kier alpha value is -3.47. The predicted molar refractivity (Wildman–Crippen MR) is 109 cm³/mol. The summed E-state index contributed by atoms with van der Waals surface area (Å²) in [6.07, 6.45) is -0.515. The Morgan fingerprint density at radius 1 is 1.04 bits per heavy atom. The number of carbonyl (C=O) groups is 1. The molecule has 0 unspecified atom stereocenters. The summed E-state index contributed by atoms with van der Waals surface area (Å²) in [5.41, 5.74) is 4.15. The summed E-state index contributed by atoms with van der Waals surface area (Å²) in [6.45, 7) is 2.45. The number of aryl methyl sites for hydroxylation is 1. The summed E-state index contributed by atoms with van der Waals surface area (Å²) >= 11 is 0. The Morgan fingerprint density at radius 2 is 1.79 bits per heavy atom. The van der Waals surface area contributed by atoms with Gasteiger partial charge in [0.05, 0.1) is 12.7 Å². The number of nitrogens with zero attached hydrogens (tertiary/aromatic N) is 1. The van der Waals surface area contributed by atoms with Crippen molar-refractivity contribution in [1.29, 1.82) is 0 Å². The van der Waals surface area contributed by atoms with E-state index in [9.17, 15) is 9.90 Å². The normalized spacial score (nSPS) is 15.7. The van der Waals surface area contributed by atoms with Gasteiger partial charge in [-0.3, -0.25) is 4.79 Å². The van der Waals surface area contributed by atoms with E-state index in [0.29, 0.717) is 23.4 Å². The van der Waals surface area contributed by atoms with Crippen molar-refractivity contribution < 1.29 is 14.6 Å². The van der Waals surface area contributed by atoms with Gasteiger partial charge >= 0.3 is 0 Å². The Morgan fingerprint density at radius 3 is 2.54 bits per heavy atom. The van der Waals surface area contributed by atoms with Crippen molar-refractivity contribution in [1.82, 2.24) is 4.90 Å². The lowest BCUT2D eigenvalue weighted by molar-refractivity contribution is 0.0664. The Bertz CT molecular complexity index is 1010. The van der Waals surface area contributed by atoms with Crippen molar-refractivity contribution >= 4 is 11.6 Å². The first kappa shape index (κ1) is 17.9. The number of ether oxygens (including phenoxy) is 1. The number of amides is 1. The number of phenols is 1. The van der Waals surface area contributed by atoms with Gasteiger partial charge in [-0.05, 0) is 30.7 Å². The number of benzene rings is 3. The molecule has 2 N–H and O–H groups in total. The van der Waals surface area contributed by atoms with Gasteiger partial charge in [-0.25, -0.2) is 0 Å². The summed E-state index contributed by atoms with van der Waals surface area (Å²) in [6, 6.07) is 20.8. The number of para-hydroxylation sites is 2. The van der Waals surface area contributed by atoms with Crippen molar-refractivity contribution in [2.45, 2.75) is 19.6 Å². The highest BCUT2D eigenvalue weighted by Crippen LogP contribution is 2.40. The number of hydrogen-bond acceptors (Lipinski definition) is 4. The topological polar surface area (TPSA) is 61.8 Å². The van der Waals surface area contributed by atoms with E-state index < -0.39 is 6.17 Å². The molecule has 1 amide bonds. The third-order valence-corrected chi connectivity index (χ3v) is 5.04. The molecule has 0 aliphatic carbocycles. The summed E-state index contributed by atoms with van der Waals surface area (Å²) in [7, 11) is 1.51. The zero-order chi connectivity index (χ0) is 19.7. The Labute approximate surface area is 164 Å². The highest BCUT2D eigenvalue weighted by atomic mass is 16.5. The number of aromatic hydroxyl groups is 1. The van der Waals surface area contributed by atoms with Gasteiger partial charge in [0.15, 0.2) is 11.5 Å². The highest BCUT2D eigenvalue weighted by Gasteiger charge is 2.34. The Balaban J connectivity index is 1.79. The van der Waals surface area contributed by atoms with Gasteiger partial charge in [0.1, 0.15) is 6.17 Å². The lowest BCUT2D eigenvalue weighted by atomic mass is 10.0. The van der Waals surface area contributed by atoms with Crippen LogP contribution in [0.4, 0.5) is 5.69 Å². The maximum absolute atomic E-state index is 13.3. The van der Waals surface area contributed by atoms with Crippen LogP contribution < -0.4 is 10.1 Å². The minimum absolute atomic E-state index is 0.0311. The molecule has 1 heterocycles. The number of fused-ring (bicyclic) bond motifs is 1. The molecule has 3 aromatic carbocycles. The third-order valence-electron chi connectivity index (χ3n) is 5.04. The van der Waals surface area contributed by atoms with Gasteiger partial charge in [-0.2, -0.15) is 0 Å². The van der Waals surface area contributed by atoms with Crippen LogP contribution >= 0.6 is 0 Å². The molecule has 0 saturated heterocycles. The van der Waals surface area contributed by atoms with Crippen LogP contribution in [0.3, 0.4) is 0 Å². The standard InChI is InChI=1S/C23H22N2O3/c1-15-10-12-16(13-11-15)14-25-22(18-7-5-9-20(28-2)21(18)26)24-19-8-4-3-6-17(19)23(25)27/h3-13,22,24,26H,14H2,1-2H3/t22-/m0/s1. The molecule has 0 bridgehead atoms. The van der Waals surface area contributed by atoms with Crippen LogP contribution in [0.1, 0.15) is 33.2 Å². The molecular weight excluding hydrogens is 352 g/mol. The molecule has 3 aromatic rings. The third kappa shape index (κ3) is 3.16. The van der Waals surface area contributed by atoms with Crippen molar-refractivity contribution in [2.24, 2.45) is 0 Å². The summed E-state index contributed by atoms with van der Waals surface area (Å²) in [5, 5.41) is 14.1. The average Bonchev–Trinajstić information content (AvgIpc) is 2.72. The molecule has 0 radical (unpaired) electrons. The average molecular weight is 374 g/mol. The molecule has 1 atom stereocenters. The summed E-state index contributed by atoms with van der Waals surface area (Å²) in [5.74, 6) is 0.326. The molecule has 1 aliphatic heterocycles. The van der Waals surface area contributed by atoms with Gasteiger partial charge in [-0.15, -0.1) is 0 Å². The van der Waals surface area contributed by atoms with Crippen molar-refractivity contribution in [3.8, 4) is 11.5 Å². The fourth-order valence-corrected chi connectivity index (χ4v) is 3.52. The van der Waals surface area contributed by atoms with Gasteiger partial charge in [0, 0.05) is 17.8 Å². The van der Waals surface area contributed by atoms with Gasteiger partial charge < -0.3 is 20.1 Å². The summed E-state index contributed by atoms with van der Waals surface area (Å²) < 4.78 is 5.26. The molecule has 0 aromatic heterocycles. The van der Waals surface area contributed by atoms with E-state index in [1.54, 1.807) is 17.0 Å². The SMILES string of the molecule is COc1cccc([C@H]2Nc3ccccc3C(=O)N2Cc2ccc(C)cc2)c1O. The highest BCUT2D eigenvalue weighted by molar-refractivity contribution is 6.01. The largest absolute Gasteiger partial charge is 0.504 e. The van der Waals surface area contributed by atoms with Gasteiger partial charge in [0.2, 0.25) is 0 Å². The molecular formula is C23H22N2O3. The molecule has 1 aliphatic rings. The van der Waals surface area contributed by atoms with Crippen molar-refractivity contribution in [2.75, 3.05) is 12.4 Å². The minimum atomic E-state index is -0.515. The first-order valence-corrected chi connectivity index (χ1v) is 9.16. The molecule has 142 valence electrons. The minimum Gasteiger partial charge on any atom is -0.504 e. The number of methoxy groups -OCH3 is 1. The number of carbonyl (C=O) groups excluding carboxylic acids is 1. The first-order valence-electron chi connectivity index (χ1n) is 9.16. The number of nitrogens with one attached hydrogen (secondary N) is 1. The maximum Gasteiger partial charge on any atom is 0.258 e. The van der Waals surface area contributed by atoms with Crippen molar-refractivity contribution in [3.05, 3.63) is 89.0 Å². The van der Waals surface area contributed by atoms with Crippen LogP contribution in [0.25, 0.3) is 0 Å². The van der Waals surface area contributed by atoms with Crippen LogP contribution in [0, 0.1) is 6.92 Å². The predicted octanol–water partition coefficient (Wildman–Crippen LogP) is 4.48. The molecule has 0 fully saturated rings. The molecule has 0 saturated carbocycles. The Kier molecular flexibility index (Phi) is 4.65. The van der Waals surface area contributed by atoms with Crippen LogP contribution in [0.2, 0.25) is 0 Å². The van der Waals surface area contributed by atoms with E-state index in [1.165, 1.54) is 12.7 Å². The number of phenolic OH excluding ortho intramolecular Hbond substituents is 1. The maximum atomic E-state index is 13.3. The van der Waals surface area contributed by atoms with E-state index in [1.807, 2.05) is 61.5 Å². The number of hydrogen-bond donors (Lipinski definition) is 2. The second-order valence-corrected chi connectivity index (χ2v) is 6.91. The number of anilines is 1. The van der Waals surface area contributed by atoms with Crippen LogP contribution in [0.5, 0.6) is 11.5 Å². The van der Waals surface area contributed by atoms with Crippen molar-refractivity contribution in [3.63, 3.8) is 0 Å². The quantitative estimate of drug-likeness (QED) is 0.707. The van der Waals surface area contributed by atoms with Crippen LogP contribution in [0.15, 0.2) is 66.7 Å². The fourth-order valence-electron chi connectivity index (χ4n) is 3.52. The van der Waals surface area contributed by atoms with Gasteiger partial charge in [-0.1, -0.05) is 54.1 Å². The molecule has 5 nitrogen and oxygen atoms in total. The monoisotopic (exact) mass is 374 g/mol. The van der Waals surface area contributed by atoms with Gasteiger partial charge in [0.25, 0.3) is 5.91 Å². The molecule has 28 heavy (non-hydrogen) atoms. The fraction of sp³-hybridized carbons (Fsp3) is 0.174. The van der Waals surface area contributed by atoms with E-state index >= 15 is 0 Å². The van der Waals surface area contributed by atoms with E-state index in [4.69, 9.17) is 4.74 Å². The summed E-state index contributed by atoms with van der Waals surface area (Å²) in [4.78, 5) is 15.0. The molecule has 4 rings (SSSR count). The first-order chi connectivity index (χ1) is 13.6.